The quantitative estimate of drug-likeness (QED) is 0.777. The largest absolute Gasteiger partial charge is 0.448 e. The number of hydrogen-bond acceptors (Lipinski definition) is 3. The number of amides is 2. The topological polar surface area (TPSA) is 49.9 Å². The van der Waals surface area contributed by atoms with E-state index < -0.39 is 0 Å². The van der Waals surface area contributed by atoms with Crippen LogP contribution in [0.1, 0.15) is 44.9 Å². The molecule has 0 aromatic heterocycles. The van der Waals surface area contributed by atoms with E-state index in [1.165, 1.54) is 19.3 Å². The van der Waals surface area contributed by atoms with Crippen molar-refractivity contribution in [2.75, 3.05) is 26.2 Å². The number of likely N-dealkylation sites (tertiary alicyclic amines) is 1. The molecule has 112 valence electrons. The standard InChI is InChI=1S/C15H24N2O3/c18-14(12-4-2-1-3-5-12)16-8-6-13(7-9-16)17-10-11-20-15(17)19/h12-13H,1-11H2. The number of piperidine rings is 1. The second kappa shape index (κ2) is 6.02. The Bertz CT molecular complexity index is 371. The maximum Gasteiger partial charge on any atom is 0.410 e. The van der Waals surface area contributed by atoms with Gasteiger partial charge >= 0.3 is 6.09 Å². The van der Waals surface area contributed by atoms with E-state index in [9.17, 15) is 9.59 Å². The Morgan fingerprint density at radius 1 is 1.00 bits per heavy atom. The van der Waals surface area contributed by atoms with Gasteiger partial charge in [0.1, 0.15) is 6.61 Å². The summed E-state index contributed by atoms with van der Waals surface area (Å²) in [6.07, 6.45) is 7.43. The summed E-state index contributed by atoms with van der Waals surface area (Å²) in [7, 11) is 0. The molecule has 0 bridgehead atoms. The van der Waals surface area contributed by atoms with Gasteiger partial charge < -0.3 is 14.5 Å². The molecule has 20 heavy (non-hydrogen) atoms. The third-order valence-corrected chi connectivity index (χ3v) is 4.96. The number of carbonyl (C=O) groups excluding carboxylic acids is 2. The molecule has 3 aliphatic rings. The van der Waals surface area contributed by atoms with Gasteiger partial charge in [-0.3, -0.25) is 4.79 Å². The van der Waals surface area contributed by atoms with Gasteiger partial charge in [0.05, 0.1) is 6.54 Å². The number of ether oxygens (including phenoxy) is 1. The molecular formula is C15H24N2O3. The van der Waals surface area contributed by atoms with Gasteiger partial charge in [-0.05, 0) is 25.7 Å². The van der Waals surface area contributed by atoms with Gasteiger partial charge in [0.2, 0.25) is 5.91 Å². The lowest BCUT2D eigenvalue weighted by Crippen LogP contribution is -2.48. The van der Waals surface area contributed by atoms with Crippen molar-refractivity contribution in [3.8, 4) is 0 Å². The second-order valence-corrected chi connectivity index (χ2v) is 6.20. The summed E-state index contributed by atoms with van der Waals surface area (Å²) < 4.78 is 4.99. The second-order valence-electron chi connectivity index (χ2n) is 6.20. The molecule has 2 saturated heterocycles. The van der Waals surface area contributed by atoms with E-state index in [-0.39, 0.29) is 18.1 Å². The molecule has 5 nitrogen and oxygen atoms in total. The van der Waals surface area contributed by atoms with Gasteiger partial charge in [0, 0.05) is 25.0 Å². The molecule has 0 atom stereocenters. The van der Waals surface area contributed by atoms with Crippen LogP contribution in [0.2, 0.25) is 0 Å². The average Bonchev–Trinajstić information content (AvgIpc) is 2.94. The fraction of sp³-hybridized carbons (Fsp3) is 0.867. The molecule has 3 fully saturated rings. The first kappa shape index (κ1) is 13.7. The predicted molar refractivity (Wildman–Crippen MR) is 74.2 cm³/mol. The van der Waals surface area contributed by atoms with Crippen LogP contribution < -0.4 is 0 Å². The lowest BCUT2D eigenvalue weighted by atomic mass is 9.87. The number of rotatable bonds is 2. The molecule has 0 aromatic carbocycles. The van der Waals surface area contributed by atoms with Gasteiger partial charge in [-0.1, -0.05) is 19.3 Å². The first-order valence-electron chi connectivity index (χ1n) is 7.98. The van der Waals surface area contributed by atoms with Crippen LogP contribution in [0.5, 0.6) is 0 Å². The highest BCUT2D eigenvalue weighted by Gasteiger charge is 2.34. The fourth-order valence-electron chi connectivity index (χ4n) is 3.74. The normalized spacial score (nSPS) is 25.9. The first-order valence-corrected chi connectivity index (χ1v) is 7.98. The summed E-state index contributed by atoms with van der Waals surface area (Å²) >= 11 is 0. The highest BCUT2D eigenvalue weighted by molar-refractivity contribution is 5.79. The van der Waals surface area contributed by atoms with Crippen molar-refractivity contribution < 1.29 is 14.3 Å². The summed E-state index contributed by atoms with van der Waals surface area (Å²) in [6, 6.07) is 0.264. The van der Waals surface area contributed by atoms with Crippen LogP contribution in [0.15, 0.2) is 0 Å². The zero-order valence-corrected chi connectivity index (χ0v) is 12.1. The summed E-state index contributed by atoms with van der Waals surface area (Å²) in [4.78, 5) is 27.9. The van der Waals surface area contributed by atoms with E-state index in [1.807, 2.05) is 9.80 Å². The summed E-state index contributed by atoms with van der Waals surface area (Å²) in [5.41, 5.74) is 0. The highest BCUT2D eigenvalue weighted by Crippen LogP contribution is 2.27. The van der Waals surface area contributed by atoms with Crippen LogP contribution in [0.4, 0.5) is 4.79 Å². The van der Waals surface area contributed by atoms with Crippen molar-refractivity contribution in [3.05, 3.63) is 0 Å². The molecule has 2 aliphatic heterocycles. The van der Waals surface area contributed by atoms with Crippen LogP contribution in [0, 0.1) is 5.92 Å². The number of cyclic esters (lactones) is 1. The van der Waals surface area contributed by atoms with E-state index in [4.69, 9.17) is 4.74 Å². The molecule has 3 rings (SSSR count). The Morgan fingerprint density at radius 2 is 1.70 bits per heavy atom. The minimum atomic E-state index is -0.179. The van der Waals surface area contributed by atoms with Gasteiger partial charge in [-0.25, -0.2) is 4.79 Å². The molecule has 0 N–H and O–H groups in total. The van der Waals surface area contributed by atoms with E-state index >= 15 is 0 Å². The van der Waals surface area contributed by atoms with Gasteiger partial charge in [0.25, 0.3) is 0 Å². The Hall–Kier alpha value is -1.26. The molecule has 0 spiro atoms. The molecule has 2 heterocycles. The molecular weight excluding hydrogens is 256 g/mol. The Kier molecular flexibility index (Phi) is 4.13. The average molecular weight is 280 g/mol. The minimum absolute atomic E-state index is 0.179. The maximum absolute atomic E-state index is 12.5. The lowest BCUT2D eigenvalue weighted by Gasteiger charge is -2.37. The molecule has 0 radical (unpaired) electrons. The molecule has 1 saturated carbocycles. The number of hydrogen-bond donors (Lipinski definition) is 0. The SMILES string of the molecule is O=C(C1CCCCC1)N1CCC(N2CCOC2=O)CC1. The zero-order valence-electron chi connectivity index (χ0n) is 12.1. The van der Waals surface area contributed by atoms with Crippen LogP contribution in [0.3, 0.4) is 0 Å². The Balaban J connectivity index is 1.50. The van der Waals surface area contributed by atoms with Crippen LogP contribution >= 0.6 is 0 Å². The number of carbonyl (C=O) groups is 2. The maximum atomic E-state index is 12.5. The first-order chi connectivity index (χ1) is 9.75. The molecule has 2 amide bonds. The fourth-order valence-corrected chi connectivity index (χ4v) is 3.74. The minimum Gasteiger partial charge on any atom is -0.448 e. The highest BCUT2D eigenvalue weighted by atomic mass is 16.6. The van der Waals surface area contributed by atoms with Crippen LogP contribution in [-0.4, -0.2) is 54.1 Å². The summed E-state index contributed by atoms with van der Waals surface area (Å²) in [6.45, 7) is 2.81. The van der Waals surface area contributed by atoms with E-state index in [0.29, 0.717) is 19.1 Å². The van der Waals surface area contributed by atoms with Gasteiger partial charge in [0.15, 0.2) is 0 Å². The summed E-state index contributed by atoms with van der Waals surface area (Å²) in [5.74, 6) is 0.615. The van der Waals surface area contributed by atoms with Gasteiger partial charge in [-0.2, -0.15) is 0 Å². The molecule has 0 unspecified atom stereocenters. The van der Waals surface area contributed by atoms with Crippen molar-refractivity contribution in [3.63, 3.8) is 0 Å². The smallest absolute Gasteiger partial charge is 0.410 e. The van der Waals surface area contributed by atoms with Crippen LogP contribution in [0.25, 0.3) is 0 Å². The zero-order chi connectivity index (χ0) is 13.9. The third kappa shape index (κ3) is 2.76. The van der Waals surface area contributed by atoms with Crippen molar-refractivity contribution in [1.82, 2.24) is 9.80 Å². The van der Waals surface area contributed by atoms with E-state index in [2.05, 4.69) is 0 Å². The van der Waals surface area contributed by atoms with Gasteiger partial charge in [-0.15, -0.1) is 0 Å². The van der Waals surface area contributed by atoms with E-state index in [1.54, 1.807) is 0 Å². The van der Waals surface area contributed by atoms with Crippen molar-refractivity contribution >= 4 is 12.0 Å². The van der Waals surface area contributed by atoms with Crippen molar-refractivity contribution in [1.29, 1.82) is 0 Å². The molecule has 1 aliphatic carbocycles. The van der Waals surface area contributed by atoms with E-state index in [0.717, 1.165) is 38.8 Å². The summed E-state index contributed by atoms with van der Waals surface area (Å²) in [5, 5.41) is 0. The molecule has 5 heteroatoms. The Morgan fingerprint density at radius 3 is 2.30 bits per heavy atom. The number of nitrogens with zero attached hydrogens (tertiary/aromatic N) is 2. The van der Waals surface area contributed by atoms with Crippen molar-refractivity contribution in [2.24, 2.45) is 5.92 Å². The third-order valence-electron chi connectivity index (χ3n) is 4.96. The monoisotopic (exact) mass is 280 g/mol. The predicted octanol–water partition coefficient (Wildman–Crippen LogP) is 2.01. The van der Waals surface area contributed by atoms with Crippen LogP contribution in [-0.2, 0) is 9.53 Å². The van der Waals surface area contributed by atoms with Crippen molar-refractivity contribution in [2.45, 2.75) is 51.0 Å². The lowest BCUT2D eigenvalue weighted by molar-refractivity contribution is -0.138. The molecule has 0 aromatic rings. The Labute approximate surface area is 120 Å².